The highest BCUT2D eigenvalue weighted by Gasteiger charge is 2.25. The maximum atomic E-state index is 13.6. The number of aryl methyl sites for hydroxylation is 1. The van der Waals surface area contributed by atoms with Crippen LogP contribution in [0.1, 0.15) is 18.3 Å². The van der Waals surface area contributed by atoms with Gasteiger partial charge in [-0.1, -0.05) is 12.7 Å². The second-order valence-corrected chi connectivity index (χ2v) is 6.97. The lowest BCUT2D eigenvalue weighted by Crippen LogP contribution is -2.14. The van der Waals surface area contributed by atoms with Crippen LogP contribution in [-0.2, 0) is 0 Å². The molecule has 8 heteroatoms. The maximum absolute atomic E-state index is 13.6. The summed E-state index contributed by atoms with van der Waals surface area (Å²) in [7, 11) is 0. The van der Waals surface area contributed by atoms with Crippen molar-refractivity contribution in [3.05, 3.63) is 82.7 Å². The Morgan fingerprint density at radius 3 is 2.60 bits per heavy atom. The summed E-state index contributed by atoms with van der Waals surface area (Å²) in [6, 6.07) is 10.8. The lowest BCUT2D eigenvalue weighted by atomic mass is 10.1. The third-order valence-corrected chi connectivity index (χ3v) is 4.80. The standard InChI is InChI=1S/C22H19F2N5O/c1-4-15(22(3,23)24)12-17-13(2)26-19(27-17)14-7-9-16(10-8-14)29-18-6-5-11-25-20(18)28-21(29)30/h4-12H,1H2,2-3H3,(H,26,27)(H,25,28,30)/b15-12+. The summed E-state index contributed by atoms with van der Waals surface area (Å²) in [5, 5.41) is 0. The second kappa shape index (κ2) is 7.22. The minimum Gasteiger partial charge on any atom is -0.342 e. The Morgan fingerprint density at radius 2 is 1.93 bits per heavy atom. The number of nitrogens with zero attached hydrogens (tertiary/aromatic N) is 3. The van der Waals surface area contributed by atoms with Crippen LogP contribution in [0.2, 0.25) is 0 Å². The molecule has 0 spiro atoms. The van der Waals surface area contributed by atoms with Crippen LogP contribution in [0, 0.1) is 6.92 Å². The van der Waals surface area contributed by atoms with Gasteiger partial charge < -0.3 is 4.98 Å². The van der Waals surface area contributed by atoms with E-state index in [2.05, 4.69) is 26.5 Å². The first-order chi connectivity index (χ1) is 14.3. The van der Waals surface area contributed by atoms with Gasteiger partial charge in [0.15, 0.2) is 5.65 Å². The van der Waals surface area contributed by atoms with Crippen molar-refractivity contribution in [2.75, 3.05) is 0 Å². The van der Waals surface area contributed by atoms with Gasteiger partial charge in [0.05, 0.1) is 16.9 Å². The highest BCUT2D eigenvalue weighted by molar-refractivity contribution is 5.73. The number of alkyl halides is 2. The molecule has 1 aromatic carbocycles. The first-order valence-electron chi connectivity index (χ1n) is 9.23. The number of aromatic nitrogens is 5. The van der Waals surface area contributed by atoms with E-state index in [1.807, 2.05) is 18.2 Å². The van der Waals surface area contributed by atoms with E-state index in [1.165, 1.54) is 10.6 Å². The second-order valence-electron chi connectivity index (χ2n) is 6.97. The van der Waals surface area contributed by atoms with Crippen molar-refractivity contribution in [3.63, 3.8) is 0 Å². The van der Waals surface area contributed by atoms with E-state index in [1.54, 1.807) is 31.3 Å². The molecular weight excluding hydrogens is 388 g/mol. The molecule has 0 aliphatic carbocycles. The molecule has 30 heavy (non-hydrogen) atoms. The third kappa shape index (κ3) is 3.47. The molecule has 0 bridgehead atoms. The van der Waals surface area contributed by atoms with Crippen molar-refractivity contribution in [1.29, 1.82) is 0 Å². The molecule has 0 amide bonds. The molecule has 0 aliphatic rings. The minimum absolute atomic E-state index is 0.202. The summed E-state index contributed by atoms with van der Waals surface area (Å²) in [6.45, 7) is 6.05. The molecule has 2 N–H and O–H groups in total. The molecule has 0 saturated carbocycles. The lowest BCUT2D eigenvalue weighted by Gasteiger charge is -2.10. The smallest absolute Gasteiger partial charge is 0.332 e. The van der Waals surface area contributed by atoms with Gasteiger partial charge in [-0.3, -0.25) is 9.55 Å². The first-order valence-corrected chi connectivity index (χ1v) is 9.23. The van der Waals surface area contributed by atoms with Crippen LogP contribution in [-0.4, -0.2) is 30.4 Å². The Balaban J connectivity index is 1.70. The van der Waals surface area contributed by atoms with Crippen molar-refractivity contribution >= 4 is 17.2 Å². The lowest BCUT2D eigenvalue weighted by molar-refractivity contribution is 0.0686. The van der Waals surface area contributed by atoms with Crippen molar-refractivity contribution in [3.8, 4) is 17.1 Å². The largest absolute Gasteiger partial charge is 0.342 e. The summed E-state index contributed by atoms with van der Waals surface area (Å²) in [5.74, 6) is -2.46. The Morgan fingerprint density at radius 1 is 1.20 bits per heavy atom. The van der Waals surface area contributed by atoms with Crippen molar-refractivity contribution in [2.45, 2.75) is 19.8 Å². The van der Waals surface area contributed by atoms with Crippen LogP contribution in [0.15, 0.2) is 65.6 Å². The molecule has 4 aromatic rings. The van der Waals surface area contributed by atoms with E-state index < -0.39 is 5.92 Å². The highest BCUT2D eigenvalue weighted by Crippen LogP contribution is 2.28. The van der Waals surface area contributed by atoms with Gasteiger partial charge in [0, 0.05) is 30.0 Å². The Labute approximate surface area is 170 Å². The van der Waals surface area contributed by atoms with E-state index in [9.17, 15) is 13.6 Å². The Hall–Kier alpha value is -3.81. The Kier molecular flexibility index (Phi) is 4.69. The molecule has 152 valence electrons. The molecule has 0 unspecified atom stereocenters. The number of imidazole rings is 2. The number of nitrogens with one attached hydrogen (secondary N) is 2. The zero-order valence-corrected chi connectivity index (χ0v) is 16.4. The molecule has 0 fully saturated rings. The van der Waals surface area contributed by atoms with Crippen molar-refractivity contribution in [2.24, 2.45) is 0 Å². The average Bonchev–Trinajstić information content (AvgIpc) is 3.24. The number of halogens is 2. The number of hydrogen-bond acceptors (Lipinski definition) is 3. The van der Waals surface area contributed by atoms with Crippen LogP contribution >= 0.6 is 0 Å². The number of H-pyrrole nitrogens is 2. The topological polar surface area (TPSA) is 79.4 Å². The normalized spacial score (nSPS) is 12.5. The molecule has 3 aromatic heterocycles. The predicted molar refractivity (Wildman–Crippen MR) is 113 cm³/mol. The van der Waals surface area contributed by atoms with Crippen molar-refractivity contribution in [1.82, 2.24) is 24.5 Å². The zero-order chi connectivity index (χ0) is 21.5. The number of allylic oxidation sites excluding steroid dienone is 2. The fourth-order valence-corrected chi connectivity index (χ4v) is 3.23. The van der Waals surface area contributed by atoms with Crippen LogP contribution in [0.5, 0.6) is 0 Å². The van der Waals surface area contributed by atoms with Crippen molar-refractivity contribution < 1.29 is 8.78 Å². The molecule has 4 rings (SSSR count). The number of aromatic amines is 2. The first kappa shape index (κ1) is 19.5. The van der Waals surface area contributed by atoms with Crippen LogP contribution < -0.4 is 5.69 Å². The molecular formula is C22H19F2N5O. The van der Waals surface area contributed by atoms with Crippen LogP contribution in [0.25, 0.3) is 34.3 Å². The molecule has 0 atom stereocenters. The van der Waals surface area contributed by atoms with Gasteiger partial charge in [0.1, 0.15) is 5.82 Å². The summed E-state index contributed by atoms with van der Waals surface area (Å²) in [4.78, 5) is 26.8. The van der Waals surface area contributed by atoms with E-state index in [-0.39, 0.29) is 11.3 Å². The zero-order valence-electron chi connectivity index (χ0n) is 16.4. The van der Waals surface area contributed by atoms with E-state index in [0.717, 1.165) is 18.6 Å². The fraction of sp³-hybridized carbons (Fsp3) is 0.136. The maximum Gasteiger partial charge on any atom is 0.332 e. The highest BCUT2D eigenvalue weighted by atomic mass is 19.3. The number of hydrogen-bond donors (Lipinski definition) is 2. The van der Waals surface area contributed by atoms with E-state index in [4.69, 9.17) is 0 Å². The van der Waals surface area contributed by atoms with Crippen LogP contribution in [0.3, 0.4) is 0 Å². The van der Waals surface area contributed by atoms with Gasteiger partial charge in [-0.2, -0.15) is 0 Å². The summed E-state index contributed by atoms with van der Waals surface area (Å²) >= 11 is 0. The number of rotatable bonds is 5. The number of benzene rings is 1. The summed E-state index contributed by atoms with van der Waals surface area (Å²) in [5.41, 5.74) is 3.22. The molecule has 3 heterocycles. The number of pyridine rings is 1. The Bertz CT molecular complexity index is 1320. The van der Waals surface area contributed by atoms with Gasteiger partial charge in [0.25, 0.3) is 5.92 Å². The van der Waals surface area contributed by atoms with E-state index in [0.29, 0.717) is 34.1 Å². The predicted octanol–water partition coefficient (Wildman–Crippen LogP) is 4.64. The molecule has 0 saturated heterocycles. The summed E-state index contributed by atoms with van der Waals surface area (Å²) in [6.07, 6.45) is 4.08. The van der Waals surface area contributed by atoms with Gasteiger partial charge in [-0.25, -0.2) is 23.5 Å². The molecule has 0 radical (unpaired) electrons. The fourth-order valence-electron chi connectivity index (χ4n) is 3.23. The van der Waals surface area contributed by atoms with Crippen LogP contribution in [0.4, 0.5) is 8.78 Å². The molecule has 6 nitrogen and oxygen atoms in total. The SMILES string of the molecule is C=C/C(=C\c1nc(-c2ccc(-n3c(=O)[nH]c4ncccc43)cc2)[nH]c1C)C(C)(F)F. The van der Waals surface area contributed by atoms with Gasteiger partial charge in [0.2, 0.25) is 0 Å². The molecule has 0 aliphatic heterocycles. The average molecular weight is 407 g/mol. The van der Waals surface area contributed by atoms with Gasteiger partial charge in [-0.05, 0) is 49.4 Å². The van der Waals surface area contributed by atoms with Gasteiger partial charge in [-0.15, -0.1) is 0 Å². The monoisotopic (exact) mass is 407 g/mol. The third-order valence-electron chi connectivity index (χ3n) is 4.80. The van der Waals surface area contributed by atoms with E-state index >= 15 is 0 Å². The number of fused-ring (bicyclic) bond motifs is 1. The quantitative estimate of drug-likeness (QED) is 0.473. The summed E-state index contributed by atoms with van der Waals surface area (Å²) < 4.78 is 28.8. The van der Waals surface area contributed by atoms with Gasteiger partial charge >= 0.3 is 5.69 Å². The minimum atomic E-state index is -3.00.